The Morgan fingerprint density at radius 3 is 2.94 bits per heavy atom. The molecule has 0 aromatic carbocycles. The number of nitrogens with one attached hydrogen (secondary N) is 2. The van der Waals surface area contributed by atoms with Crippen molar-refractivity contribution in [2.45, 2.75) is 19.5 Å². The molecule has 2 rings (SSSR count). The highest BCUT2D eigenvalue weighted by atomic mass is 32.1. The van der Waals surface area contributed by atoms with E-state index >= 15 is 0 Å². The van der Waals surface area contributed by atoms with Gasteiger partial charge in [0.1, 0.15) is 0 Å². The third-order valence-corrected chi connectivity index (χ3v) is 3.53. The molecule has 0 saturated carbocycles. The molecule has 0 unspecified atom stereocenters. The molecule has 0 saturated heterocycles. The number of amides is 2. The molecule has 0 aliphatic carbocycles. The van der Waals surface area contributed by atoms with E-state index in [0.717, 1.165) is 10.6 Å². The Kier molecular flexibility index (Phi) is 4.30. The number of aromatic nitrogens is 1. The first-order valence-corrected chi connectivity index (χ1v) is 6.61. The van der Waals surface area contributed by atoms with Crippen LogP contribution >= 0.6 is 11.3 Å². The predicted octanol–water partition coefficient (Wildman–Crippen LogP) is 2.70. The Hall–Kier alpha value is -1.88. The van der Waals surface area contributed by atoms with Crippen LogP contribution in [0.3, 0.4) is 0 Å². The van der Waals surface area contributed by atoms with Crippen LogP contribution in [0.5, 0.6) is 0 Å². The van der Waals surface area contributed by atoms with E-state index < -0.39 is 0 Å². The van der Waals surface area contributed by atoms with Crippen molar-refractivity contribution in [1.82, 2.24) is 15.6 Å². The van der Waals surface area contributed by atoms with Crippen molar-refractivity contribution in [2.75, 3.05) is 0 Å². The first-order valence-electron chi connectivity index (χ1n) is 5.73. The van der Waals surface area contributed by atoms with Crippen LogP contribution in [0, 0.1) is 0 Å². The number of hydrogen-bond acceptors (Lipinski definition) is 3. The van der Waals surface area contributed by atoms with Crippen LogP contribution in [-0.2, 0) is 6.54 Å². The zero-order valence-corrected chi connectivity index (χ0v) is 10.9. The van der Waals surface area contributed by atoms with Crippen molar-refractivity contribution >= 4 is 17.4 Å². The molecule has 0 aliphatic rings. The molecule has 18 heavy (non-hydrogen) atoms. The van der Waals surface area contributed by atoms with Crippen LogP contribution in [-0.4, -0.2) is 11.0 Å². The van der Waals surface area contributed by atoms with Crippen molar-refractivity contribution in [3.05, 3.63) is 52.5 Å². The first-order chi connectivity index (χ1) is 8.75. The minimum absolute atomic E-state index is 0.0220. The maximum absolute atomic E-state index is 11.7. The number of rotatable bonds is 4. The second kappa shape index (κ2) is 6.16. The zero-order chi connectivity index (χ0) is 12.8. The molecular formula is C13H15N3OS. The molecule has 0 fully saturated rings. The van der Waals surface area contributed by atoms with Crippen LogP contribution in [0.2, 0.25) is 0 Å². The molecule has 94 valence electrons. The summed E-state index contributed by atoms with van der Waals surface area (Å²) in [6.45, 7) is 2.40. The average molecular weight is 261 g/mol. The van der Waals surface area contributed by atoms with Crippen LogP contribution < -0.4 is 10.6 Å². The lowest BCUT2D eigenvalue weighted by molar-refractivity contribution is 0.237. The molecule has 2 N–H and O–H groups in total. The van der Waals surface area contributed by atoms with E-state index in [-0.39, 0.29) is 12.1 Å². The quantitative estimate of drug-likeness (QED) is 0.889. The predicted molar refractivity (Wildman–Crippen MR) is 72.3 cm³/mol. The van der Waals surface area contributed by atoms with Gasteiger partial charge in [0.05, 0.1) is 18.3 Å². The number of hydrogen-bond donors (Lipinski definition) is 2. The molecule has 5 heteroatoms. The third-order valence-electron chi connectivity index (χ3n) is 2.47. The molecule has 2 aromatic rings. The van der Waals surface area contributed by atoms with Crippen molar-refractivity contribution in [3.8, 4) is 0 Å². The van der Waals surface area contributed by atoms with Crippen LogP contribution in [0.4, 0.5) is 4.79 Å². The number of urea groups is 1. The molecule has 0 spiro atoms. The van der Waals surface area contributed by atoms with Gasteiger partial charge in [0.2, 0.25) is 0 Å². The van der Waals surface area contributed by atoms with Gasteiger partial charge in [0, 0.05) is 11.1 Å². The summed E-state index contributed by atoms with van der Waals surface area (Å²) in [6.07, 6.45) is 1.71. The van der Waals surface area contributed by atoms with Gasteiger partial charge in [0.25, 0.3) is 0 Å². The summed E-state index contributed by atoms with van der Waals surface area (Å²) in [4.78, 5) is 17.0. The van der Waals surface area contributed by atoms with Gasteiger partial charge in [-0.25, -0.2) is 4.79 Å². The fraction of sp³-hybridized carbons (Fsp3) is 0.231. The highest BCUT2D eigenvalue weighted by Gasteiger charge is 2.09. The summed E-state index contributed by atoms with van der Waals surface area (Å²) in [7, 11) is 0. The molecule has 2 heterocycles. The Bertz CT molecular complexity index is 484. The lowest BCUT2D eigenvalue weighted by Gasteiger charge is -2.12. The minimum Gasteiger partial charge on any atom is -0.332 e. The molecule has 0 aliphatic heterocycles. The summed E-state index contributed by atoms with van der Waals surface area (Å²) in [5, 5.41) is 7.67. The monoisotopic (exact) mass is 261 g/mol. The van der Waals surface area contributed by atoms with Crippen molar-refractivity contribution < 1.29 is 4.79 Å². The Morgan fingerprint density at radius 1 is 1.39 bits per heavy atom. The largest absolute Gasteiger partial charge is 0.332 e. The lowest BCUT2D eigenvalue weighted by Crippen LogP contribution is -2.36. The van der Waals surface area contributed by atoms with Crippen molar-refractivity contribution in [1.29, 1.82) is 0 Å². The fourth-order valence-electron chi connectivity index (χ4n) is 1.53. The number of thiophene rings is 1. The van der Waals surface area contributed by atoms with Crippen LogP contribution in [0.25, 0.3) is 0 Å². The molecule has 2 aromatic heterocycles. The van der Waals surface area contributed by atoms with Gasteiger partial charge >= 0.3 is 6.03 Å². The van der Waals surface area contributed by atoms with E-state index in [1.165, 1.54) is 0 Å². The van der Waals surface area contributed by atoms with Crippen molar-refractivity contribution in [2.24, 2.45) is 0 Å². The zero-order valence-electron chi connectivity index (χ0n) is 10.1. The SMILES string of the molecule is C[C@@H](NC(=O)NCc1ccccn1)c1cccs1. The Balaban J connectivity index is 1.79. The maximum atomic E-state index is 11.7. The van der Waals surface area contributed by atoms with Crippen LogP contribution in [0.1, 0.15) is 23.5 Å². The Labute approximate surface area is 110 Å². The van der Waals surface area contributed by atoms with E-state index in [2.05, 4.69) is 15.6 Å². The third kappa shape index (κ3) is 3.56. The average Bonchev–Trinajstić information content (AvgIpc) is 2.91. The van der Waals surface area contributed by atoms with E-state index in [1.54, 1.807) is 17.5 Å². The highest BCUT2D eigenvalue weighted by molar-refractivity contribution is 7.10. The van der Waals surface area contributed by atoms with E-state index in [4.69, 9.17) is 0 Å². The molecule has 2 amide bonds. The van der Waals surface area contributed by atoms with E-state index in [9.17, 15) is 4.79 Å². The fourth-order valence-corrected chi connectivity index (χ4v) is 2.26. The normalized spacial score (nSPS) is 11.8. The van der Waals surface area contributed by atoms with Gasteiger partial charge in [-0.2, -0.15) is 0 Å². The lowest BCUT2D eigenvalue weighted by atomic mass is 10.3. The molecule has 0 bridgehead atoms. The van der Waals surface area contributed by atoms with Crippen LogP contribution in [0.15, 0.2) is 41.9 Å². The highest BCUT2D eigenvalue weighted by Crippen LogP contribution is 2.17. The van der Waals surface area contributed by atoms with Gasteiger partial charge in [-0.15, -0.1) is 11.3 Å². The number of carbonyl (C=O) groups excluding carboxylic acids is 1. The molecule has 1 atom stereocenters. The maximum Gasteiger partial charge on any atom is 0.315 e. The van der Waals surface area contributed by atoms with Gasteiger partial charge < -0.3 is 10.6 Å². The summed E-state index contributed by atoms with van der Waals surface area (Å²) in [6, 6.07) is 9.45. The van der Waals surface area contributed by atoms with Gasteiger partial charge in [-0.1, -0.05) is 12.1 Å². The number of carbonyl (C=O) groups is 1. The molecular weight excluding hydrogens is 246 g/mol. The second-order valence-electron chi connectivity index (χ2n) is 3.89. The Morgan fingerprint density at radius 2 is 2.28 bits per heavy atom. The summed E-state index contributed by atoms with van der Waals surface area (Å²) in [5.41, 5.74) is 0.844. The summed E-state index contributed by atoms with van der Waals surface area (Å²) in [5.74, 6) is 0. The molecule has 4 nitrogen and oxygen atoms in total. The smallest absolute Gasteiger partial charge is 0.315 e. The van der Waals surface area contributed by atoms with Gasteiger partial charge in [-0.3, -0.25) is 4.98 Å². The van der Waals surface area contributed by atoms with Gasteiger partial charge in [-0.05, 0) is 30.5 Å². The number of nitrogens with zero attached hydrogens (tertiary/aromatic N) is 1. The second-order valence-corrected chi connectivity index (χ2v) is 4.86. The standard InChI is InChI=1S/C13H15N3OS/c1-10(12-6-4-8-18-12)16-13(17)15-9-11-5-2-3-7-14-11/h2-8,10H,9H2,1H3,(H2,15,16,17)/t10-/m1/s1. The topological polar surface area (TPSA) is 54.0 Å². The summed E-state index contributed by atoms with van der Waals surface area (Å²) < 4.78 is 0. The first kappa shape index (κ1) is 12.6. The van der Waals surface area contributed by atoms with Crippen molar-refractivity contribution in [3.63, 3.8) is 0 Å². The van der Waals surface area contributed by atoms with E-state index in [1.807, 2.05) is 42.6 Å². The molecule has 0 radical (unpaired) electrons. The van der Waals surface area contributed by atoms with Gasteiger partial charge in [0.15, 0.2) is 0 Å². The number of pyridine rings is 1. The van der Waals surface area contributed by atoms with E-state index in [0.29, 0.717) is 6.54 Å². The minimum atomic E-state index is -0.179. The summed E-state index contributed by atoms with van der Waals surface area (Å²) >= 11 is 1.63.